The number of thioether (sulfide) groups is 1. The molecule has 0 saturated carbocycles. The molecule has 0 bridgehead atoms. The Kier molecular flexibility index (Phi) is 6.68. The lowest BCUT2D eigenvalue weighted by Crippen LogP contribution is -2.38. The van der Waals surface area contributed by atoms with Gasteiger partial charge in [0.05, 0.1) is 4.91 Å². The van der Waals surface area contributed by atoms with E-state index < -0.39 is 0 Å². The fraction of sp³-hybridized carbons (Fsp3) is 0.240. The first-order chi connectivity index (χ1) is 15.0. The van der Waals surface area contributed by atoms with E-state index in [4.69, 9.17) is 12.2 Å². The Morgan fingerprint density at radius 1 is 1.13 bits per heavy atom. The molecule has 2 aliphatic heterocycles. The third-order valence-electron chi connectivity index (χ3n) is 5.39. The average molecular weight is 449 g/mol. The topological polar surface area (TPSA) is 40.6 Å². The lowest BCUT2D eigenvalue weighted by molar-refractivity contribution is -0.123. The first kappa shape index (κ1) is 21.5. The highest BCUT2D eigenvalue weighted by Gasteiger charge is 2.33. The van der Waals surface area contributed by atoms with Crippen LogP contribution in [0.15, 0.2) is 71.2 Å². The summed E-state index contributed by atoms with van der Waals surface area (Å²) in [5, 5.41) is 0. The predicted molar refractivity (Wildman–Crippen MR) is 132 cm³/mol. The van der Waals surface area contributed by atoms with Crippen molar-refractivity contribution >= 4 is 51.9 Å². The number of carbonyl (C=O) groups excluding carboxylic acids is 2. The highest BCUT2D eigenvalue weighted by Crippen LogP contribution is 2.33. The molecule has 2 aliphatic rings. The van der Waals surface area contributed by atoms with E-state index in [1.165, 1.54) is 17.3 Å². The molecule has 0 aliphatic carbocycles. The van der Waals surface area contributed by atoms with Gasteiger partial charge in [0.2, 0.25) is 5.91 Å². The summed E-state index contributed by atoms with van der Waals surface area (Å²) in [6.07, 6.45) is 6.11. The fourth-order valence-electron chi connectivity index (χ4n) is 3.89. The molecule has 0 aromatic heterocycles. The van der Waals surface area contributed by atoms with Crippen molar-refractivity contribution in [3.8, 4) is 0 Å². The molecular formula is C25H24N2O2S2. The maximum absolute atomic E-state index is 12.9. The lowest BCUT2D eigenvalue weighted by Gasteiger charge is -2.30. The van der Waals surface area contributed by atoms with Gasteiger partial charge in [-0.05, 0) is 48.6 Å². The molecule has 6 heteroatoms. The third kappa shape index (κ3) is 4.97. The van der Waals surface area contributed by atoms with Crippen LogP contribution in [0.5, 0.6) is 0 Å². The monoisotopic (exact) mass is 448 g/mol. The van der Waals surface area contributed by atoms with Gasteiger partial charge in [0, 0.05) is 25.2 Å². The van der Waals surface area contributed by atoms with Crippen LogP contribution >= 0.6 is 24.0 Å². The van der Waals surface area contributed by atoms with Crippen molar-refractivity contribution in [3.05, 3.63) is 82.3 Å². The summed E-state index contributed by atoms with van der Waals surface area (Å²) in [5.41, 5.74) is 4.26. The van der Waals surface area contributed by atoms with Gasteiger partial charge >= 0.3 is 0 Å². The van der Waals surface area contributed by atoms with Crippen molar-refractivity contribution in [2.24, 2.45) is 0 Å². The average Bonchev–Trinajstić information content (AvgIpc) is 3.04. The molecule has 0 radical (unpaired) electrons. The van der Waals surface area contributed by atoms with Gasteiger partial charge in [-0.3, -0.25) is 14.5 Å². The lowest BCUT2D eigenvalue weighted by atomic mass is 10.0. The molecule has 4 nitrogen and oxygen atoms in total. The molecule has 31 heavy (non-hydrogen) atoms. The number of nitrogens with zero attached hydrogens (tertiary/aromatic N) is 2. The Bertz CT molecular complexity index is 1080. The number of allylic oxidation sites excluding steroid dienone is 2. The van der Waals surface area contributed by atoms with Gasteiger partial charge in [0.15, 0.2) is 0 Å². The molecule has 158 valence electrons. The second-order valence-corrected chi connectivity index (χ2v) is 9.34. The standard InChI is InChI=1S/C25H24N2O2S2/c1-18(16-19-8-3-2-4-9-19)17-22-24(29)27(25(30)31-22)15-13-23(28)26-14-7-11-20-10-5-6-12-21(20)26/h2-6,8-10,12,16-17H,7,11,13-15H2,1H3/b18-16-,22-17+. The number of amides is 2. The van der Waals surface area contributed by atoms with E-state index in [9.17, 15) is 9.59 Å². The highest BCUT2D eigenvalue weighted by molar-refractivity contribution is 8.26. The minimum absolute atomic E-state index is 0.0327. The normalized spacial score (nSPS) is 18.0. The van der Waals surface area contributed by atoms with Gasteiger partial charge in [0.25, 0.3) is 5.91 Å². The van der Waals surface area contributed by atoms with Gasteiger partial charge in [0.1, 0.15) is 4.32 Å². The Balaban J connectivity index is 1.41. The highest BCUT2D eigenvalue weighted by atomic mass is 32.2. The largest absolute Gasteiger partial charge is 0.312 e. The number of rotatable bonds is 5. The number of fused-ring (bicyclic) bond motifs is 1. The number of aryl methyl sites for hydroxylation is 1. The van der Waals surface area contributed by atoms with E-state index in [0.717, 1.165) is 36.2 Å². The van der Waals surface area contributed by atoms with Gasteiger partial charge in [-0.25, -0.2) is 0 Å². The number of hydrogen-bond donors (Lipinski definition) is 0. The van der Waals surface area contributed by atoms with Crippen molar-refractivity contribution in [2.75, 3.05) is 18.0 Å². The molecule has 0 N–H and O–H groups in total. The third-order valence-corrected chi connectivity index (χ3v) is 6.76. The molecular weight excluding hydrogens is 424 g/mol. The Labute approximate surface area is 192 Å². The van der Waals surface area contributed by atoms with Gasteiger partial charge in [-0.1, -0.05) is 78.6 Å². The minimum Gasteiger partial charge on any atom is -0.312 e. The van der Waals surface area contributed by atoms with Crippen molar-refractivity contribution in [2.45, 2.75) is 26.2 Å². The second kappa shape index (κ2) is 9.62. The summed E-state index contributed by atoms with van der Waals surface area (Å²) < 4.78 is 0.510. The van der Waals surface area contributed by atoms with Crippen LogP contribution in [0.1, 0.15) is 30.9 Å². The molecule has 1 fully saturated rings. The van der Waals surface area contributed by atoms with Crippen LogP contribution in [0.25, 0.3) is 6.08 Å². The maximum atomic E-state index is 12.9. The molecule has 4 rings (SSSR count). The number of benzene rings is 2. The van der Waals surface area contributed by atoms with E-state index in [0.29, 0.717) is 15.8 Å². The summed E-state index contributed by atoms with van der Waals surface area (Å²) in [7, 11) is 0. The molecule has 2 amide bonds. The van der Waals surface area contributed by atoms with E-state index in [-0.39, 0.29) is 18.2 Å². The summed E-state index contributed by atoms with van der Waals surface area (Å²) >= 11 is 6.73. The number of hydrogen-bond acceptors (Lipinski definition) is 4. The first-order valence-electron chi connectivity index (χ1n) is 10.4. The van der Waals surface area contributed by atoms with Crippen LogP contribution < -0.4 is 4.90 Å². The molecule has 0 unspecified atom stereocenters. The number of thiocarbonyl (C=S) groups is 1. The van der Waals surface area contributed by atoms with Crippen LogP contribution in [0.2, 0.25) is 0 Å². The van der Waals surface area contributed by atoms with Crippen molar-refractivity contribution in [3.63, 3.8) is 0 Å². The molecule has 2 aromatic carbocycles. The summed E-state index contributed by atoms with van der Waals surface area (Å²) in [6, 6.07) is 18.0. The van der Waals surface area contributed by atoms with E-state index >= 15 is 0 Å². The van der Waals surface area contributed by atoms with Gasteiger partial charge < -0.3 is 4.90 Å². The summed E-state index contributed by atoms with van der Waals surface area (Å²) in [4.78, 5) is 29.8. The van der Waals surface area contributed by atoms with E-state index in [2.05, 4.69) is 6.07 Å². The predicted octanol–water partition coefficient (Wildman–Crippen LogP) is 5.20. The zero-order valence-corrected chi connectivity index (χ0v) is 19.0. The van der Waals surface area contributed by atoms with Crippen LogP contribution in [0.3, 0.4) is 0 Å². The molecule has 1 saturated heterocycles. The summed E-state index contributed by atoms with van der Waals surface area (Å²) in [6.45, 7) is 3.00. The van der Waals surface area contributed by atoms with Crippen LogP contribution in [-0.4, -0.2) is 34.1 Å². The van der Waals surface area contributed by atoms with E-state index in [1.807, 2.05) is 72.5 Å². The van der Waals surface area contributed by atoms with E-state index in [1.54, 1.807) is 4.90 Å². The number of anilines is 1. The fourth-order valence-corrected chi connectivity index (χ4v) is 5.25. The zero-order chi connectivity index (χ0) is 21.8. The molecule has 0 spiro atoms. The maximum Gasteiger partial charge on any atom is 0.266 e. The SMILES string of the molecule is CC(=C/c1ccccc1)/C=C1/SC(=S)N(CCC(=O)N2CCCc3ccccc32)C1=O. The van der Waals surface area contributed by atoms with Crippen molar-refractivity contribution in [1.29, 1.82) is 0 Å². The number of para-hydroxylation sites is 1. The summed E-state index contributed by atoms with van der Waals surface area (Å²) in [5.74, 6) is -0.0898. The molecule has 2 aromatic rings. The zero-order valence-electron chi connectivity index (χ0n) is 17.4. The first-order valence-corrected chi connectivity index (χ1v) is 11.6. The van der Waals surface area contributed by atoms with Crippen LogP contribution in [-0.2, 0) is 16.0 Å². The smallest absolute Gasteiger partial charge is 0.266 e. The number of carbonyl (C=O) groups is 2. The van der Waals surface area contributed by atoms with Gasteiger partial charge in [-0.15, -0.1) is 0 Å². The minimum atomic E-state index is -0.123. The van der Waals surface area contributed by atoms with Gasteiger partial charge in [-0.2, -0.15) is 0 Å². The Morgan fingerprint density at radius 3 is 2.68 bits per heavy atom. The Hall–Kier alpha value is -2.70. The Morgan fingerprint density at radius 2 is 1.87 bits per heavy atom. The molecule has 2 heterocycles. The van der Waals surface area contributed by atoms with Crippen LogP contribution in [0.4, 0.5) is 5.69 Å². The molecule has 0 atom stereocenters. The van der Waals surface area contributed by atoms with Crippen LogP contribution in [0, 0.1) is 0 Å². The quantitative estimate of drug-likeness (QED) is 0.465. The second-order valence-electron chi connectivity index (χ2n) is 7.66. The van der Waals surface area contributed by atoms with Crippen molar-refractivity contribution < 1.29 is 9.59 Å². The van der Waals surface area contributed by atoms with Crippen molar-refractivity contribution in [1.82, 2.24) is 4.90 Å².